The first-order valence-electron chi connectivity index (χ1n) is 5.59. The van der Waals surface area contributed by atoms with Gasteiger partial charge in [-0.25, -0.2) is 0 Å². The molecule has 1 saturated carbocycles. The fourth-order valence-electron chi connectivity index (χ4n) is 2.47. The fourth-order valence-corrected chi connectivity index (χ4v) is 2.47. The maximum Gasteiger partial charge on any atom is 0.319 e. The molecule has 1 amide bonds. The van der Waals surface area contributed by atoms with Gasteiger partial charge in [-0.3, -0.25) is 9.59 Å². The number of likely N-dealkylation sites (tertiary alicyclic amines) is 1. The molecule has 2 fully saturated rings. The number of aliphatic carboxylic acids is 1. The van der Waals surface area contributed by atoms with Crippen LogP contribution in [0.5, 0.6) is 0 Å². The van der Waals surface area contributed by atoms with Gasteiger partial charge in [-0.15, -0.1) is 0 Å². The molecule has 0 aromatic rings. The second-order valence-corrected chi connectivity index (χ2v) is 4.89. The lowest BCUT2D eigenvalue weighted by atomic mass is 9.68. The maximum atomic E-state index is 12.1. The summed E-state index contributed by atoms with van der Waals surface area (Å²) in [5, 5.41) is 9.13. The molecule has 0 spiro atoms. The zero-order chi connectivity index (χ0) is 11.1. The quantitative estimate of drug-likeness (QED) is 0.696. The minimum Gasteiger partial charge on any atom is -0.480 e. The summed E-state index contributed by atoms with van der Waals surface area (Å²) in [5.41, 5.74) is -1.07. The van der Waals surface area contributed by atoms with Crippen molar-refractivity contribution in [3.8, 4) is 0 Å². The van der Waals surface area contributed by atoms with E-state index in [1.54, 1.807) is 4.90 Å². The molecule has 1 N–H and O–H groups in total. The van der Waals surface area contributed by atoms with E-state index < -0.39 is 11.4 Å². The van der Waals surface area contributed by atoms with E-state index in [4.69, 9.17) is 5.11 Å². The van der Waals surface area contributed by atoms with Crippen molar-refractivity contribution in [2.24, 2.45) is 11.3 Å². The van der Waals surface area contributed by atoms with Crippen molar-refractivity contribution in [2.75, 3.05) is 13.1 Å². The minimum absolute atomic E-state index is 0.148. The molecule has 1 heterocycles. The van der Waals surface area contributed by atoms with Gasteiger partial charge in [0.25, 0.3) is 0 Å². The molecule has 0 radical (unpaired) electrons. The SMILES string of the molecule is CC1CCN(C(=O)C2(C(=O)O)CCC2)C1. The summed E-state index contributed by atoms with van der Waals surface area (Å²) in [6, 6.07) is 0. The van der Waals surface area contributed by atoms with E-state index in [1.807, 2.05) is 0 Å². The monoisotopic (exact) mass is 211 g/mol. The van der Waals surface area contributed by atoms with Crippen molar-refractivity contribution in [2.45, 2.75) is 32.6 Å². The first kappa shape index (κ1) is 10.5. The van der Waals surface area contributed by atoms with Crippen LogP contribution in [-0.4, -0.2) is 35.0 Å². The second kappa shape index (κ2) is 3.51. The van der Waals surface area contributed by atoms with Gasteiger partial charge in [0.05, 0.1) is 0 Å². The Labute approximate surface area is 89.3 Å². The van der Waals surface area contributed by atoms with E-state index in [-0.39, 0.29) is 5.91 Å². The Kier molecular flexibility index (Phi) is 2.44. The third-order valence-corrected chi connectivity index (χ3v) is 3.74. The maximum absolute atomic E-state index is 12.1. The lowest BCUT2D eigenvalue weighted by Crippen LogP contribution is -2.52. The Hall–Kier alpha value is -1.06. The number of amides is 1. The fraction of sp³-hybridized carbons (Fsp3) is 0.818. The average Bonchev–Trinajstić information content (AvgIpc) is 2.48. The zero-order valence-corrected chi connectivity index (χ0v) is 9.03. The van der Waals surface area contributed by atoms with Gasteiger partial charge in [0.2, 0.25) is 5.91 Å². The van der Waals surface area contributed by atoms with Crippen LogP contribution in [0.1, 0.15) is 32.6 Å². The highest BCUT2D eigenvalue weighted by molar-refractivity contribution is 6.02. The van der Waals surface area contributed by atoms with Crippen molar-refractivity contribution in [3.63, 3.8) is 0 Å². The Morgan fingerprint density at radius 1 is 1.40 bits per heavy atom. The molecule has 1 aliphatic carbocycles. The van der Waals surface area contributed by atoms with Crippen LogP contribution in [0.4, 0.5) is 0 Å². The molecule has 1 saturated heterocycles. The van der Waals surface area contributed by atoms with E-state index in [1.165, 1.54) is 0 Å². The first-order chi connectivity index (χ1) is 7.06. The molecule has 4 nitrogen and oxygen atoms in total. The highest BCUT2D eigenvalue weighted by Crippen LogP contribution is 2.43. The number of carboxylic acids is 1. The van der Waals surface area contributed by atoms with Gasteiger partial charge in [0.1, 0.15) is 5.41 Å². The second-order valence-electron chi connectivity index (χ2n) is 4.89. The van der Waals surface area contributed by atoms with Gasteiger partial charge in [-0.1, -0.05) is 13.3 Å². The standard InChI is InChI=1S/C11H17NO3/c1-8-3-6-12(7-8)9(13)11(10(14)15)4-2-5-11/h8H,2-7H2,1H3,(H,14,15). The Balaban J connectivity index is 2.09. The number of rotatable bonds is 2. The minimum atomic E-state index is -1.07. The summed E-state index contributed by atoms with van der Waals surface area (Å²) in [6.07, 6.45) is 2.90. The summed E-state index contributed by atoms with van der Waals surface area (Å²) in [6.45, 7) is 3.56. The molecule has 1 aliphatic heterocycles. The molecule has 4 heteroatoms. The van der Waals surface area contributed by atoms with E-state index in [0.29, 0.717) is 18.8 Å². The van der Waals surface area contributed by atoms with E-state index in [2.05, 4.69) is 6.92 Å². The van der Waals surface area contributed by atoms with Gasteiger partial charge in [-0.2, -0.15) is 0 Å². The number of hydrogen-bond donors (Lipinski definition) is 1. The lowest BCUT2D eigenvalue weighted by molar-refractivity contribution is -0.166. The summed E-state index contributed by atoms with van der Waals surface area (Å²) < 4.78 is 0. The zero-order valence-electron chi connectivity index (χ0n) is 9.03. The Morgan fingerprint density at radius 3 is 2.40 bits per heavy atom. The molecular weight excluding hydrogens is 194 g/mol. The van der Waals surface area contributed by atoms with E-state index >= 15 is 0 Å². The summed E-state index contributed by atoms with van der Waals surface area (Å²) in [5.74, 6) is -0.566. The highest BCUT2D eigenvalue weighted by Gasteiger charge is 2.53. The predicted octanol–water partition coefficient (Wildman–Crippen LogP) is 1.11. The Morgan fingerprint density at radius 2 is 2.07 bits per heavy atom. The van der Waals surface area contributed by atoms with Gasteiger partial charge in [0.15, 0.2) is 0 Å². The summed E-state index contributed by atoms with van der Waals surface area (Å²) in [4.78, 5) is 25.0. The van der Waals surface area contributed by atoms with Crippen LogP contribution in [-0.2, 0) is 9.59 Å². The van der Waals surface area contributed by atoms with Crippen molar-refractivity contribution >= 4 is 11.9 Å². The van der Waals surface area contributed by atoms with Crippen LogP contribution >= 0.6 is 0 Å². The van der Waals surface area contributed by atoms with Crippen LogP contribution in [0, 0.1) is 11.3 Å². The molecule has 1 unspecified atom stereocenters. The van der Waals surface area contributed by atoms with Crippen molar-refractivity contribution < 1.29 is 14.7 Å². The molecule has 15 heavy (non-hydrogen) atoms. The predicted molar refractivity (Wildman–Crippen MR) is 54.3 cm³/mol. The van der Waals surface area contributed by atoms with Crippen LogP contribution in [0.15, 0.2) is 0 Å². The van der Waals surface area contributed by atoms with Gasteiger partial charge < -0.3 is 10.0 Å². The number of carbonyl (C=O) groups is 2. The smallest absolute Gasteiger partial charge is 0.319 e. The van der Waals surface area contributed by atoms with Crippen molar-refractivity contribution in [1.82, 2.24) is 4.90 Å². The van der Waals surface area contributed by atoms with Crippen molar-refractivity contribution in [1.29, 1.82) is 0 Å². The largest absolute Gasteiger partial charge is 0.480 e. The molecule has 84 valence electrons. The normalized spacial score (nSPS) is 28.6. The van der Waals surface area contributed by atoms with Crippen molar-refractivity contribution in [3.05, 3.63) is 0 Å². The summed E-state index contributed by atoms with van der Waals surface area (Å²) >= 11 is 0. The van der Waals surface area contributed by atoms with Gasteiger partial charge >= 0.3 is 5.97 Å². The molecule has 0 aromatic heterocycles. The average molecular weight is 211 g/mol. The van der Waals surface area contributed by atoms with Crippen LogP contribution in [0.25, 0.3) is 0 Å². The van der Waals surface area contributed by atoms with Crippen LogP contribution < -0.4 is 0 Å². The van der Waals surface area contributed by atoms with Crippen LogP contribution in [0.3, 0.4) is 0 Å². The summed E-state index contributed by atoms with van der Waals surface area (Å²) in [7, 11) is 0. The lowest BCUT2D eigenvalue weighted by Gasteiger charge is -2.38. The van der Waals surface area contributed by atoms with E-state index in [9.17, 15) is 9.59 Å². The number of nitrogens with zero attached hydrogens (tertiary/aromatic N) is 1. The molecule has 0 aromatic carbocycles. The molecule has 2 aliphatic rings. The molecular formula is C11H17NO3. The first-order valence-corrected chi connectivity index (χ1v) is 5.59. The van der Waals surface area contributed by atoms with Gasteiger partial charge in [0, 0.05) is 13.1 Å². The molecule has 1 atom stereocenters. The number of hydrogen-bond acceptors (Lipinski definition) is 2. The molecule has 2 rings (SSSR count). The van der Waals surface area contributed by atoms with Gasteiger partial charge in [-0.05, 0) is 25.2 Å². The molecule has 0 bridgehead atoms. The highest BCUT2D eigenvalue weighted by atomic mass is 16.4. The van der Waals surface area contributed by atoms with E-state index in [0.717, 1.165) is 25.9 Å². The Bertz CT molecular complexity index is 296. The third kappa shape index (κ3) is 1.52. The number of carbonyl (C=O) groups excluding carboxylic acids is 1. The number of carboxylic acid groups (broad SMARTS) is 1. The third-order valence-electron chi connectivity index (χ3n) is 3.74. The van der Waals surface area contributed by atoms with Crippen LogP contribution in [0.2, 0.25) is 0 Å². The topological polar surface area (TPSA) is 57.6 Å².